The molecular formula is C48H32N4O2. The van der Waals surface area contributed by atoms with Gasteiger partial charge in [-0.25, -0.2) is 4.99 Å². The summed E-state index contributed by atoms with van der Waals surface area (Å²) in [6.45, 7) is 0. The lowest BCUT2D eigenvalue weighted by molar-refractivity contribution is 0.411. The Morgan fingerprint density at radius 3 is 2.13 bits per heavy atom. The molecule has 0 aliphatic carbocycles. The van der Waals surface area contributed by atoms with E-state index in [0.29, 0.717) is 0 Å². The molecular weight excluding hydrogens is 665 g/mol. The van der Waals surface area contributed by atoms with Gasteiger partial charge in [-0.3, -0.25) is 10.3 Å². The average molecular weight is 697 g/mol. The Bertz CT molecular complexity index is 3070. The first kappa shape index (κ1) is 30.6. The summed E-state index contributed by atoms with van der Waals surface area (Å²) < 4.78 is 13.1. The number of rotatable bonds is 5. The van der Waals surface area contributed by atoms with Gasteiger partial charge in [0.15, 0.2) is 0 Å². The molecule has 6 nitrogen and oxygen atoms in total. The second-order valence-electron chi connectivity index (χ2n) is 13.8. The lowest BCUT2D eigenvalue weighted by atomic mass is 9.91. The third-order valence-corrected chi connectivity index (χ3v) is 10.6. The fraction of sp³-hybridized carbons (Fsp3) is 0.0417. The van der Waals surface area contributed by atoms with Crippen LogP contribution in [0.25, 0.3) is 77.0 Å². The van der Waals surface area contributed by atoms with Crippen molar-refractivity contribution in [1.29, 1.82) is 0 Å². The van der Waals surface area contributed by atoms with Crippen molar-refractivity contribution >= 4 is 60.6 Å². The molecule has 54 heavy (non-hydrogen) atoms. The van der Waals surface area contributed by atoms with E-state index >= 15 is 0 Å². The Kier molecular flexibility index (Phi) is 6.97. The maximum atomic E-state index is 6.82. The van der Waals surface area contributed by atoms with E-state index in [-0.39, 0.29) is 12.3 Å². The first-order chi connectivity index (χ1) is 26.8. The normalized spacial score (nSPS) is 16.0. The van der Waals surface area contributed by atoms with E-state index in [4.69, 9.17) is 18.8 Å². The van der Waals surface area contributed by atoms with Gasteiger partial charge < -0.3 is 14.2 Å². The molecule has 0 saturated carbocycles. The number of furan rings is 2. The summed E-state index contributed by atoms with van der Waals surface area (Å²) in [5.41, 5.74) is 11.8. The van der Waals surface area contributed by atoms with Gasteiger partial charge in [-0.2, -0.15) is 0 Å². The molecule has 256 valence electrons. The highest BCUT2D eigenvalue weighted by atomic mass is 16.3. The summed E-state index contributed by atoms with van der Waals surface area (Å²) in [6.07, 6.45) is 1.19. The molecule has 4 heterocycles. The molecule has 7 aromatic carbocycles. The van der Waals surface area contributed by atoms with E-state index in [1.807, 2.05) is 42.6 Å². The van der Waals surface area contributed by atoms with Gasteiger partial charge in [0.1, 0.15) is 40.5 Å². The highest BCUT2D eigenvalue weighted by Gasteiger charge is 2.30. The fourth-order valence-electron chi connectivity index (χ4n) is 8.16. The molecule has 0 bridgehead atoms. The number of benzene rings is 7. The highest BCUT2D eigenvalue weighted by molar-refractivity contribution is 6.18. The summed E-state index contributed by atoms with van der Waals surface area (Å²) >= 11 is 0. The molecule has 2 N–H and O–H groups in total. The minimum absolute atomic E-state index is 0.295. The quantitative estimate of drug-likeness (QED) is 0.187. The largest absolute Gasteiger partial charge is 0.456 e. The Balaban J connectivity index is 1.12. The minimum atomic E-state index is -0.364. The van der Waals surface area contributed by atoms with Crippen molar-refractivity contribution in [3.63, 3.8) is 0 Å². The smallest absolute Gasteiger partial charge is 0.143 e. The second-order valence-corrected chi connectivity index (χ2v) is 13.8. The third kappa shape index (κ3) is 4.92. The molecule has 0 saturated heterocycles. The maximum absolute atomic E-state index is 6.82. The maximum Gasteiger partial charge on any atom is 0.143 e. The van der Waals surface area contributed by atoms with Crippen molar-refractivity contribution in [1.82, 2.24) is 15.6 Å². The number of fused-ring (bicyclic) bond motifs is 7. The van der Waals surface area contributed by atoms with Crippen molar-refractivity contribution in [2.24, 2.45) is 4.99 Å². The average Bonchev–Trinajstić information content (AvgIpc) is 3.81. The molecule has 3 aromatic heterocycles. The van der Waals surface area contributed by atoms with Gasteiger partial charge in [0, 0.05) is 49.8 Å². The van der Waals surface area contributed by atoms with Gasteiger partial charge in [-0.15, -0.1) is 0 Å². The van der Waals surface area contributed by atoms with Crippen LogP contribution < -0.4 is 10.6 Å². The van der Waals surface area contributed by atoms with Crippen molar-refractivity contribution < 1.29 is 8.83 Å². The molecule has 2 atom stereocenters. The summed E-state index contributed by atoms with van der Waals surface area (Å²) in [5, 5.41) is 13.0. The van der Waals surface area contributed by atoms with E-state index < -0.39 is 0 Å². The van der Waals surface area contributed by atoms with Crippen molar-refractivity contribution in [3.05, 3.63) is 187 Å². The van der Waals surface area contributed by atoms with Crippen LogP contribution in [0.5, 0.6) is 0 Å². The molecule has 0 amide bonds. The van der Waals surface area contributed by atoms with Gasteiger partial charge in [0.25, 0.3) is 0 Å². The molecule has 1 aliphatic rings. The number of hydrogen-bond acceptors (Lipinski definition) is 6. The van der Waals surface area contributed by atoms with E-state index in [1.165, 1.54) is 0 Å². The Morgan fingerprint density at radius 2 is 1.24 bits per heavy atom. The fourth-order valence-corrected chi connectivity index (χ4v) is 8.16. The van der Waals surface area contributed by atoms with Crippen LogP contribution in [0.15, 0.2) is 184 Å². The molecule has 11 rings (SSSR count). The predicted molar refractivity (Wildman–Crippen MR) is 218 cm³/mol. The lowest BCUT2D eigenvalue weighted by Crippen LogP contribution is -2.45. The SMILES string of the molecule is c1ccc(C2=NC(c3cccc4oc5ccccc5c34)NC(c3ccccc3-c3ccc(-c4ccccc4)c4oc5cc6cccnc6cc5c34)N2)cc1. The van der Waals surface area contributed by atoms with Crippen LogP contribution in [0, 0.1) is 0 Å². The first-order valence-electron chi connectivity index (χ1n) is 18.2. The van der Waals surface area contributed by atoms with E-state index in [9.17, 15) is 0 Å². The molecule has 2 unspecified atom stereocenters. The van der Waals surface area contributed by atoms with Crippen LogP contribution in [0.2, 0.25) is 0 Å². The van der Waals surface area contributed by atoms with Crippen molar-refractivity contribution in [2.75, 3.05) is 0 Å². The van der Waals surface area contributed by atoms with Crippen LogP contribution in [0.3, 0.4) is 0 Å². The number of para-hydroxylation sites is 1. The Morgan fingerprint density at radius 1 is 0.500 bits per heavy atom. The third-order valence-electron chi connectivity index (χ3n) is 10.6. The van der Waals surface area contributed by atoms with Crippen LogP contribution in [-0.2, 0) is 0 Å². The second kappa shape index (κ2) is 12.3. The lowest BCUT2D eigenvalue weighted by Gasteiger charge is -2.33. The topological polar surface area (TPSA) is 75.6 Å². The van der Waals surface area contributed by atoms with Crippen molar-refractivity contribution in [3.8, 4) is 22.3 Å². The zero-order valence-electron chi connectivity index (χ0n) is 29.0. The zero-order chi connectivity index (χ0) is 35.6. The molecule has 10 aromatic rings. The van der Waals surface area contributed by atoms with E-state index in [1.54, 1.807) is 0 Å². The van der Waals surface area contributed by atoms with Gasteiger partial charge >= 0.3 is 0 Å². The van der Waals surface area contributed by atoms with Crippen LogP contribution >= 0.6 is 0 Å². The van der Waals surface area contributed by atoms with E-state index in [2.05, 4.69) is 138 Å². The molecule has 0 radical (unpaired) electrons. The zero-order valence-corrected chi connectivity index (χ0v) is 29.0. The van der Waals surface area contributed by atoms with Crippen molar-refractivity contribution in [2.45, 2.75) is 12.3 Å². The van der Waals surface area contributed by atoms with Crippen LogP contribution in [-0.4, -0.2) is 10.8 Å². The monoisotopic (exact) mass is 696 g/mol. The number of hydrogen-bond donors (Lipinski definition) is 2. The standard InChI is InChI=1S/C48H32N4O2/c1-3-13-29(14-4-1)32-24-25-34(44-38-28-39-31(17-12-26-49-39)27-42(38)54-45(32)44)33-18-7-8-19-35(33)47-50-46(30-15-5-2-6-16-30)51-48(52-47)37-21-11-23-41-43(37)36-20-9-10-22-40(36)53-41/h1-28,47-48,52H,(H,50,51). The summed E-state index contributed by atoms with van der Waals surface area (Å²) in [6, 6.07) is 56.7. The predicted octanol–water partition coefficient (Wildman–Crippen LogP) is 11.7. The number of pyridine rings is 1. The van der Waals surface area contributed by atoms with Gasteiger partial charge in [-0.1, -0.05) is 127 Å². The number of aliphatic imine (C=N–C) groups is 1. The summed E-state index contributed by atoms with van der Waals surface area (Å²) in [5.74, 6) is 0.819. The van der Waals surface area contributed by atoms with Gasteiger partial charge in [0.2, 0.25) is 0 Å². The molecule has 0 spiro atoms. The number of aromatic nitrogens is 1. The Hall–Kier alpha value is -7.02. The summed E-state index contributed by atoms with van der Waals surface area (Å²) in [7, 11) is 0. The number of nitrogens with zero attached hydrogens (tertiary/aromatic N) is 2. The first-order valence-corrected chi connectivity index (χ1v) is 18.2. The van der Waals surface area contributed by atoms with E-state index in [0.717, 1.165) is 99.6 Å². The molecule has 6 heteroatoms. The highest BCUT2D eigenvalue weighted by Crippen LogP contribution is 2.45. The number of amidine groups is 1. The molecule has 0 fully saturated rings. The Labute approximate surface area is 310 Å². The van der Waals surface area contributed by atoms with Crippen LogP contribution in [0.4, 0.5) is 0 Å². The van der Waals surface area contributed by atoms with Gasteiger partial charge in [-0.05, 0) is 58.7 Å². The summed E-state index contributed by atoms with van der Waals surface area (Å²) in [4.78, 5) is 10.0. The number of nitrogens with one attached hydrogen (secondary N) is 2. The van der Waals surface area contributed by atoms with Gasteiger partial charge in [0.05, 0.1) is 5.52 Å². The minimum Gasteiger partial charge on any atom is -0.456 e. The van der Waals surface area contributed by atoms with Crippen LogP contribution in [0.1, 0.15) is 29.0 Å². The molecule has 1 aliphatic heterocycles.